The molecule has 0 radical (unpaired) electrons. The van der Waals surface area contributed by atoms with Gasteiger partial charge >= 0.3 is 6.03 Å². The molecule has 2 rings (SSSR count). The molecular weight excluding hydrogens is 316 g/mol. The van der Waals surface area contributed by atoms with Crippen molar-refractivity contribution in [2.75, 3.05) is 29.5 Å². The lowest BCUT2D eigenvalue weighted by Gasteiger charge is -2.12. The molecule has 0 aliphatic rings. The molecule has 2 aromatic rings. The molecule has 0 heterocycles. The summed E-state index contributed by atoms with van der Waals surface area (Å²) in [6.07, 6.45) is 1.23. The number of carbonyl (C=O) groups is 2. The van der Waals surface area contributed by atoms with E-state index >= 15 is 0 Å². The first kappa shape index (κ1) is 18.5. The molecule has 6 nitrogen and oxygen atoms in total. The molecule has 0 saturated heterocycles. The van der Waals surface area contributed by atoms with Crippen molar-refractivity contribution in [3.63, 3.8) is 0 Å². The van der Waals surface area contributed by atoms with Crippen LogP contribution in [0.25, 0.3) is 0 Å². The summed E-state index contributed by atoms with van der Waals surface area (Å²) in [6, 6.07) is 14.3. The van der Waals surface area contributed by atoms with E-state index in [0.29, 0.717) is 23.5 Å². The molecule has 0 bridgehead atoms. The van der Waals surface area contributed by atoms with Gasteiger partial charge in [0.1, 0.15) is 0 Å². The number of urea groups is 1. The minimum absolute atomic E-state index is 0.0377. The number of anilines is 3. The molecule has 25 heavy (non-hydrogen) atoms. The Bertz CT molecular complexity index is 717. The van der Waals surface area contributed by atoms with E-state index in [4.69, 9.17) is 0 Å². The Hall–Kier alpha value is -2.86. The van der Waals surface area contributed by atoms with Gasteiger partial charge in [0.25, 0.3) is 0 Å². The second-order valence-corrected chi connectivity index (χ2v) is 5.73. The molecule has 0 spiro atoms. The van der Waals surface area contributed by atoms with Gasteiger partial charge < -0.3 is 21.3 Å². The Balaban J connectivity index is 1.95. The van der Waals surface area contributed by atoms with Gasteiger partial charge in [0.05, 0.1) is 0 Å². The van der Waals surface area contributed by atoms with Crippen molar-refractivity contribution >= 4 is 29.0 Å². The van der Waals surface area contributed by atoms with Crippen LogP contribution in [0.2, 0.25) is 0 Å². The first-order valence-electron chi connectivity index (χ1n) is 8.26. The predicted octanol–water partition coefficient (Wildman–Crippen LogP) is 3.58. The van der Waals surface area contributed by atoms with E-state index in [9.17, 15) is 9.59 Å². The Morgan fingerprint density at radius 1 is 0.920 bits per heavy atom. The maximum Gasteiger partial charge on any atom is 0.323 e. The molecule has 6 heteroatoms. The zero-order valence-electron chi connectivity index (χ0n) is 14.6. The second-order valence-electron chi connectivity index (χ2n) is 5.73. The average molecular weight is 340 g/mol. The van der Waals surface area contributed by atoms with Crippen molar-refractivity contribution in [1.29, 1.82) is 0 Å². The number of benzene rings is 2. The molecular formula is C19H24N4O2. The lowest BCUT2D eigenvalue weighted by molar-refractivity contribution is -0.116. The molecule has 2 aromatic carbocycles. The smallest absolute Gasteiger partial charge is 0.323 e. The third-order valence-corrected chi connectivity index (χ3v) is 3.63. The summed E-state index contributed by atoms with van der Waals surface area (Å²) >= 11 is 0. The normalized spacial score (nSPS) is 10.2. The van der Waals surface area contributed by atoms with E-state index in [1.54, 1.807) is 12.1 Å². The standard InChI is InChI=1S/C19H24N4O2/c1-14-10-11-16(13-17(14)23-18(24)9-6-12-20-2)22-19(25)21-15-7-4-3-5-8-15/h3-5,7-8,10-11,13,20H,6,9,12H2,1-2H3,(H,23,24)(H2,21,22,25). The van der Waals surface area contributed by atoms with Crippen molar-refractivity contribution < 1.29 is 9.59 Å². The number of rotatable bonds is 7. The highest BCUT2D eigenvalue weighted by Gasteiger charge is 2.08. The fourth-order valence-corrected chi connectivity index (χ4v) is 2.29. The molecule has 0 aliphatic carbocycles. The first-order chi connectivity index (χ1) is 12.1. The summed E-state index contributed by atoms with van der Waals surface area (Å²) in [7, 11) is 1.86. The van der Waals surface area contributed by atoms with Gasteiger partial charge in [-0.3, -0.25) is 4.79 Å². The molecule has 0 fully saturated rings. The summed E-state index contributed by atoms with van der Waals surface area (Å²) in [5.74, 6) is -0.0377. The Labute approximate surface area is 148 Å². The minimum Gasteiger partial charge on any atom is -0.326 e. The SMILES string of the molecule is CNCCCC(=O)Nc1cc(NC(=O)Nc2ccccc2)ccc1C. The Kier molecular flexibility index (Phi) is 6.98. The zero-order chi connectivity index (χ0) is 18.1. The summed E-state index contributed by atoms with van der Waals surface area (Å²) in [6.45, 7) is 2.71. The van der Waals surface area contributed by atoms with E-state index in [1.165, 1.54) is 0 Å². The number of aryl methyl sites for hydroxylation is 1. The number of nitrogens with one attached hydrogen (secondary N) is 4. The van der Waals surface area contributed by atoms with Gasteiger partial charge in [-0.05, 0) is 56.8 Å². The largest absolute Gasteiger partial charge is 0.326 e. The van der Waals surface area contributed by atoms with Gasteiger partial charge in [0.2, 0.25) is 5.91 Å². The number of para-hydroxylation sites is 1. The third kappa shape index (κ3) is 6.27. The van der Waals surface area contributed by atoms with Crippen LogP contribution in [0.5, 0.6) is 0 Å². The van der Waals surface area contributed by atoms with Crippen LogP contribution in [0.15, 0.2) is 48.5 Å². The highest BCUT2D eigenvalue weighted by atomic mass is 16.2. The van der Waals surface area contributed by atoms with Gasteiger partial charge in [-0.15, -0.1) is 0 Å². The van der Waals surface area contributed by atoms with Crippen LogP contribution in [0.1, 0.15) is 18.4 Å². The Morgan fingerprint density at radius 3 is 2.36 bits per heavy atom. The van der Waals surface area contributed by atoms with E-state index in [1.807, 2.05) is 50.4 Å². The maximum atomic E-state index is 12.1. The third-order valence-electron chi connectivity index (χ3n) is 3.63. The highest BCUT2D eigenvalue weighted by molar-refractivity contribution is 6.00. The highest BCUT2D eigenvalue weighted by Crippen LogP contribution is 2.21. The molecule has 132 valence electrons. The van der Waals surface area contributed by atoms with Crippen LogP contribution in [0.3, 0.4) is 0 Å². The van der Waals surface area contributed by atoms with Crippen molar-refractivity contribution in [3.05, 3.63) is 54.1 Å². The molecule has 0 aliphatic heterocycles. The average Bonchev–Trinajstić information content (AvgIpc) is 2.59. The van der Waals surface area contributed by atoms with Crippen molar-refractivity contribution in [2.45, 2.75) is 19.8 Å². The van der Waals surface area contributed by atoms with Crippen LogP contribution in [0, 0.1) is 6.92 Å². The second kappa shape index (κ2) is 9.44. The van der Waals surface area contributed by atoms with Crippen molar-refractivity contribution in [3.8, 4) is 0 Å². The minimum atomic E-state index is -0.332. The fraction of sp³-hybridized carbons (Fsp3) is 0.263. The van der Waals surface area contributed by atoms with E-state index < -0.39 is 0 Å². The summed E-state index contributed by atoms with van der Waals surface area (Å²) in [5.41, 5.74) is 2.97. The monoisotopic (exact) mass is 340 g/mol. The summed E-state index contributed by atoms with van der Waals surface area (Å²) in [4.78, 5) is 24.0. The lowest BCUT2D eigenvalue weighted by Crippen LogP contribution is -2.20. The maximum absolute atomic E-state index is 12.1. The quantitative estimate of drug-likeness (QED) is 0.582. The van der Waals surface area contributed by atoms with Crippen LogP contribution >= 0.6 is 0 Å². The number of hydrogen-bond acceptors (Lipinski definition) is 3. The number of amides is 3. The predicted molar refractivity (Wildman–Crippen MR) is 102 cm³/mol. The van der Waals surface area contributed by atoms with E-state index in [0.717, 1.165) is 18.5 Å². The Morgan fingerprint density at radius 2 is 1.64 bits per heavy atom. The zero-order valence-corrected chi connectivity index (χ0v) is 14.6. The van der Waals surface area contributed by atoms with Crippen molar-refractivity contribution in [2.24, 2.45) is 0 Å². The molecule has 3 amide bonds. The van der Waals surface area contributed by atoms with Gasteiger partial charge in [-0.2, -0.15) is 0 Å². The van der Waals surface area contributed by atoms with Crippen LogP contribution in [-0.2, 0) is 4.79 Å². The summed E-state index contributed by atoms with van der Waals surface area (Å²) < 4.78 is 0. The fourth-order valence-electron chi connectivity index (χ4n) is 2.29. The number of carbonyl (C=O) groups excluding carboxylic acids is 2. The van der Waals surface area contributed by atoms with Gasteiger partial charge in [-0.1, -0.05) is 24.3 Å². The molecule has 0 saturated carbocycles. The van der Waals surface area contributed by atoms with E-state index in [-0.39, 0.29) is 11.9 Å². The van der Waals surface area contributed by atoms with Crippen LogP contribution in [-0.4, -0.2) is 25.5 Å². The van der Waals surface area contributed by atoms with Gasteiger partial charge in [0, 0.05) is 23.5 Å². The lowest BCUT2D eigenvalue weighted by atomic mass is 10.1. The topological polar surface area (TPSA) is 82.3 Å². The summed E-state index contributed by atoms with van der Waals surface area (Å²) in [5, 5.41) is 11.4. The van der Waals surface area contributed by atoms with Gasteiger partial charge in [-0.25, -0.2) is 4.79 Å². The van der Waals surface area contributed by atoms with E-state index in [2.05, 4.69) is 21.3 Å². The molecule has 0 unspecified atom stereocenters. The molecule has 0 aromatic heterocycles. The van der Waals surface area contributed by atoms with Crippen molar-refractivity contribution in [1.82, 2.24) is 5.32 Å². The molecule has 0 atom stereocenters. The molecule has 4 N–H and O–H groups in total. The first-order valence-corrected chi connectivity index (χ1v) is 8.26. The number of hydrogen-bond donors (Lipinski definition) is 4. The van der Waals surface area contributed by atoms with Crippen LogP contribution < -0.4 is 21.3 Å². The van der Waals surface area contributed by atoms with Crippen LogP contribution in [0.4, 0.5) is 21.9 Å². The van der Waals surface area contributed by atoms with Gasteiger partial charge in [0.15, 0.2) is 0 Å².